The lowest BCUT2D eigenvalue weighted by atomic mass is 9.53. The molecule has 0 heterocycles. The Morgan fingerprint density at radius 1 is 1.12 bits per heavy atom. The number of aliphatic hydroxyl groups excluding tert-OH is 1. The Hall–Kier alpha value is -1.02. The second-order valence-electron chi connectivity index (χ2n) is 9.26. The Morgan fingerprint density at radius 3 is 2.76 bits per heavy atom. The van der Waals surface area contributed by atoms with E-state index in [2.05, 4.69) is 26.0 Å². The highest BCUT2D eigenvalue weighted by Crippen LogP contribution is 2.62. The van der Waals surface area contributed by atoms with Crippen LogP contribution in [0.4, 0.5) is 0 Å². The molecule has 0 radical (unpaired) electrons. The predicted octanol–water partition coefficient (Wildman–Crippen LogP) is 5.73. The van der Waals surface area contributed by atoms with Crippen LogP contribution in [0.3, 0.4) is 0 Å². The first-order valence-corrected chi connectivity index (χ1v) is 10.6. The van der Waals surface area contributed by atoms with Crippen LogP contribution in [0.25, 0.3) is 0 Å². The Morgan fingerprint density at radius 2 is 1.96 bits per heavy atom. The molecule has 2 N–H and O–H groups in total. The molecular weight excluding hydrogens is 308 g/mol. The van der Waals surface area contributed by atoms with Gasteiger partial charge in [-0.2, -0.15) is 0 Å². The fourth-order valence-electron chi connectivity index (χ4n) is 6.60. The van der Waals surface area contributed by atoms with Gasteiger partial charge in [-0.1, -0.05) is 39.2 Å². The first kappa shape index (κ1) is 17.4. The van der Waals surface area contributed by atoms with Crippen molar-refractivity contribution in [1.29, 1.82) is 0 Å². The van der Waals surface area contributed by atoms with Crippen molar-refractivity contribution in [1.82, 2.24) is 0 Å². The van der Waals surface area contributed by atoms with E-state index in [0.717, 1.165) is 18.8 Å². The monoisotopic (exact) mass is 342 g/mol. The third-order valence-corrected chi connectivity index (χ3v) is 8.01. The minimum Gasteiger partial charge on any atom is -0.508 e. The zero-order valence-electron chi connectivity index (χ0n) is 15.9. The van der Waals surface area contributed by atoms with Crippen LogP contribution < -0.4 is 0 Å². The first-order valence-electron chi connectivity index (χ1n) is 10.6. The molecule has 0 unspecified atom stereocenters. The van der Waals surface area contributed by atoms with Gasteiger partial charge in [-0.25, -0.2) is 0 Å². The third kappa shape index (κ3) is 2.81. The van der Waals surface area contributed by atoms with Crippen molar-refractivity contribution < 1.29 is 10.2 Å². The van der Waals surface area contributed by atoms with Crippen LogP contribution in [0, 0.1) is 17.3 Å². The first-order chi connectivity index (χ1) is 12.0. The standard InChI is InChI=1S/C23H34O2/c1-3-4-5-6-15-13-20-18(17-8-7-16(24)14-19(15)17)11-12-23(2)21(20)9-10-22(23)25/h7-8,14-15,18,20-22,24-25H,3-6,9-13H2,1-2H3/t15-,18-,20-,21+,22+,23+/m1/s1. The van der Waals surface area contributed by atoms with Gasteiger partial charge in [0, 0.05) is 0 Å². The van der Waals surface area contributed by atoms with E-state index in [1.165, 1.54) is 56.1 Å². The Balaban J connectivity index is 1.67. The summed E-state index contributed by atoms with van der Waals surface area (Å²) in [7, 11) is 0. The molecule has 138 valence electrons. The minimum atomic E-state index is -0.0989. The lowest BCUT2D eigenvalue weighted by molar-refractivity contribution is -0.0252. The quantitative estimate of drug-likeness (QED) is 0.686. The molecule has 0 aliphatic heterocycles. The summed E-state index contributed by atoms with van der Waals surface area (Å²) < 4.78 is 0. The summed E-state index contributed by atoms with van der Waals surface area (Å²) in [6, 6.07) is 6.16. The van der Waals surface area contributed by atoms with E-state index >= 15 is 0 Å². The molecular formula is C23H34O2. The molecule has 0 saturated heterocycles. The number of aliphatic hydroxyl groups is 1. The fourth-order valence-corrected chi connectivity index (χ4v) is 6.60. The number of phenolic OH excluding ortho intramolecular Hbond substituents is 1. The Bertz CT molecular complexity index is 625. The summed E-state index contributed by atoms with van der Waals surface area (Å²) in [6.07, 6.45) is 10.8. The summed E-state index contributed by atoms with van der Waals surface area (Å²) in [5, 5.41) is 20.7. The van der Waals surface area contributed by atoms with E-state index in [9.17, 15) is 10.2 Å². The number of aromatic hydroxyl groups is 1. The van der Waals surface area contributed by atoms with E-state index in [-0.39, 0.29) is 11.5 Å². The van der Waals surface area contributed by atoms with Gasteiger partial charge in [0.05, 0.1) is 6.10 Å². The van der Waals surface area contributed by atoms with E-state index in [1.54, 1.807) is 0 Å². The van der Waals surface area contributed by atoms with E-state index in [0.29, 0.717) is 23.5 Å². The van der Waals surface area contributed by atoms with Gasteiger partial charge >= 0.3 is 0 Å². The van der Waals surface area contributed by atoms with Gasteiger partial charge in [0.1, 0.15) is 5.75 Å². The number of rotatable bonds is 4. The highest BCUT2D eigenvalue weighted by Gasteiger charge is 2.55. The molecule has 2 fully saturated rings. The number of phenols is 1. The zero-order valence-corrected chi connectivity index (χ0v) is 15.9. The molecule has 1 aromatic rings. The molecule has 0 spiro atoms. The van der Waals surface area contributed by atoms with Gasteiger partial charge in [0.25, 0.3) is 0 Å². The number of benzene rings is 1. The van der Waals surface area contributed by atoms with Crippen LogP contribution in [-0.4, -0.2) is 16.3 Å². The zero-order chi connectivity index (χ0) is 17.6. The molecule has 2 saturated carbocycles. The molecule has 1 aromatic carbocycles. The van der Waals surface area contributed by atoms with E-state index in [4.69, 9.17) is 0 Å². The third-order valence-electron chi connectivity index (χ3n) is 8.01. The number of unbranched alkanes of at least 4 members (excludes halogenated alkanes) is 2. The van der Waals surface area contributed by atoms with Crippen molar-refractivity contribution in [2.24, 2.45) is 17.3 Å². The van der Waals surface area contributed by atoms with Crippen LogP contribution in [0.15, 0.2) is 18.2 Å². The maximum atomic E-state index is 10.6. The molecule has 0 amide bonds. The summed E-state index contributed by atoms with van der Waals surface area (Å²) in [5.41, 5.74) is 3.09. The van der Waals surface area contributed by atoms with Gasteiger partial charge in [-0.15, -0.1) is 0 Å². The number of hydrogen-bond donors (Lipinski definition) is 2. The largest absolute Gasteiger partial charge is 0.508 e. The van der Waals surface area contributed by atoms with Crippen molar-refractivity contribution in [3.8, 4) is 5.75 Å². The molecule has 0 bridgehead atoms. The maximum Gasteiger partial charge on any atom is 0.115 e. The minimum absolute atomic E-state index is 0.0989. The highest BCUT2D eigenvalue weighted by atomic mass is 16.3. The summed E-state index contributed by atoms with van der Waals surface area (Å²) >= 11 is 0. The lowest BCUT2D eigenvalue weighted by Gasteiger charge is -2.51. The average molecular weight is 343 g/mol. The molecule has 25 heavy (non-hydrogen) atoms. The Labute approximate surface area is 152 Å². The van der Waals surface area contributed by atoms with Crippen LogP contribution in [-0.2, 0) is 0 Å². The van der Waals surface area contributed by atoms with Gasteiger partial charge in [-0.3, -0.25) is 0 Å². The second-order valence-corrected chi connectivity index (χ2v) is 9.26. The average Bonchev–Trinajstić information content (AvgIpc) is 2.90. The van der Waals surface area contributed by atoms with Gasteiger partial charge in [-0.05, 0) is 90.9 Å². The van der Waals surface area contributed by atoms with Crippen LogP contribution in [0.1, 0.15) is 94.6 Å². The molecule has 3 aliphatic rings. The normalized spacial score (nSPS) is 39.6. The number of hydrogen-bond acceptors (Lipinski definition) is 2. The molecule has 6 atom stereocenters. The van der Waals surface area contributed by atoms with Crippen molar-refractivity contribution in [3.63, 3.8) is 0 Å². The molecule has 2 heteroatoms. The topological polar surface area (TPSA) is 40.5 Å². The highest BCUT2D eigenvalue weighted by molar-refractivity contribution is 5.42. The predicted molar refractivity (Wildman–Crippen MR) is 102 cm³/mol. The van der Waals surface area contributed by atoms with E-state index < -0.39 is 0 Å². The smallest absolute Gasteiger partial charge is 0.115 e. The van der Waals surface area contributed by atoms with Crippen molar-refractivity contribution in [2.45, 2.75) is 89.6 Å². The van der Waals surface area contributed by atoms with Gasteiger partial charge in [0.2, 0.25) is 0 Å². The second kappa shape index (κ2) is 6.61. The summed E-state index contributed by atoms with van der Waals surface area (Å²) in [6.45, 7) is 4.62. The van der Waals surface area contributed by atoms with Crippen LogP contribution in [0.5, 0.6) is 5.75 Å². The Kier molecular flexibility index (Phi) is 4.60. The maximum absolute atomic E-state index is 10.6. The number of fused-ring (bicyclic) bond motifs is 5. The van der Waals surface area contributed by atoms with Crippen molar-refractivity contribution in [2.75, 3.05) is 0 Å². The lowest BCUT2D eigenvalue weighted by Crippen LogP contribution is -2.44. The fraction of sp³-hybridized carbons (Fsp3) is 0.739. The van der Waals surface area contributed by atoms with Crippen LogP contribution >= 0.6 is 0 Å². The van der Waals surface area contributed by atoms with Gasteiger partial charge in [0.15, 0.2) is 0 Å². The van der Waals surface area contributed by atoms with Crippen LogP contribution in [0.2, 0.25) is 0 Å². The molecule has 4 rings (SSSR count). The van der Waals surface area contributed by atoms with Crippen molar-refractivity contribution in [3.05, 3.63) is 29.3 Å². The molecule has 2 nitrogen and oxygen atoms in total. The molecule has 0 aromatic heterocycles. The van der Waals surface area contributed by atoms with Gasteiger partial charge < -0.3 is 10.2 Å². The molecule has 3 aliphatic carbocycles. The SMILES string of the molecule is CCCCC[C@@H]1C[C@@H]2[C@H](CC[C@]3(C)[C@@H](O)CC[C@@H]23)c2ccc(O)cc21. The van der Waals surface area contributed by atoms with E-state index in [1.807, 2.05) is 6.07 Å². The van der Waals surface area contributed by atoms with Crippen molar-refractivity contribution >= 4 is 0 Å². The summed E-state index contributed by atoms with van der Waals surface area (Å²) in [5.74, 6) is 3.06. The summed E-state index contributed by atoms with van der Waals surface area (Å²) in [4.78, 5) is 0.